The van der Waals surface area contributed by atoms with Crippen molar-refractivity contribution in [1.29, 1.82) is 0 Å². The number of nitrogens with zero attached hydrogens (tertiary/aromatic N) is 1. The van der Waals surface area contributed by atoms with Crippen LogP contribution in [-0.4, -0.2) is 4.98 Å². The van der Waals surface area contributed by atoms with Crippen LogP contribution in [0.4, 0.5) is 27.6 Å². The Morgan fingerprint density at radius 1 is 1.38 bits per heavy atom. The van der Waals surface area contributed by atoms with E-state index >= 15 is 0 Å². The first-order valence-electron chi connectivity index (χ1n) is 3.97. The van der Waals surface area contributed by atoms with Gasteiger partial charge in [0, 0.05) is 22.8 Å². The van der Waals surface area contributed by atoms with E-state index in [4.69, 9.17) is 5.73 Å². The zero-order valence-corrected chi connectivity index (χ0v) is 9.24. The highest BCUT2D eigenvalue weighted by atomic mass is 79.9. The molecule has 0 unspecified atom stereocenters. The monoisotopic (exact) mass is 304 g/mol. The number of alkyl halides is 6. The molecule has 8 heteroatoms. The number of pyridine rings is 1. The maximum Gasteiger partial charge on any atom is 0.433 e. The van der Waals surface area contributed by atoms with Crippen LogP contribution in [-0.2, 0) is 11.5 Å². The van der Waals surface area contributed by atoms with Crippen molar-refractivity contribution in [3.63, 3.8) is 0 Å². The molecule has 0 radical (unpaired) electrons. The van der Waals surface area contributed by atoms with Gasteiger partial charge in [-0.1, -0.05) is 15.9 Å². The fourth-order valence-electron chi connectivity index (χ4n) is 1.14. The van der Waals surface area contributed by atoms with Gasteiger partial charge in [-0.25, -0.2) is 8.78 Å². The molecule has 1 rings (SSSR count). The van der Waals surface area contributed by atoms with Gasteiger partial charge in [0.1, 0.15) is 0 Å². The molecule has 2 nitrogen and oxygen atoms in total. The van der Waals surface area contributed by atoms with Gasteiger partial charge in [-0.2, -0.15) is 13.2 Å². The molecular weight excluding hydrogens is 299 g/mol. The Morgan fingerprint density at radius 3 is 2.31 bits per heavy atom. The minimum atomic E-state index is -4.71. The Kier molecular flexibility index (Phi) is 3.72. The molecule has 0 aliphatic carbocycles. The number of aromatic nitrogens is 1. The first-order valence-corrected chi connectivity index (χ1v) is 5.09. The van der Waals surface area contributed by atoms with E-state index in [1.807, 2.05) is 0 Å². The van der Waals surface area contributed by atoms with E-state index in [0.717, 1.165) is 0 Å². The highest BCUT2D eigenvalue weighted by molar-refractivity contribution is 9.08. The number of hydrogen-bond acceptors (Lipinski definition) is 2. The van der Waals surface area contributed by atoms with Gasteiger partial charge in [-0.05, 0) is 0 Å². The summed E-state index contributed by atoms with van der Waals surface area (Å²) >= 11 is 2.77. The first kappa shape index (κ1) is 13.1. The zero-order valence-electron chi connectivity index (χ0n) is 7.65. The second-order valence-corrected chi connectivity index (χ2v) is 3.45. The van der Waals surface area contributed by atoms with E-state index in [2.05, 4.69) is 20.9 Å². The van der Waals surface area contributed by atoms with Gasteiger partial charge >= 0.3 is 6.18 Å². The first-order chi connectivity index (χ1) is 7.29. The predicted molar refractivity (Wildman–Crippen MR) is 51.2 cm³/mol. The van der Waals surface area contributed by atoms with Gasteiger partial charge in [-0.15, -0.1) is 0 Å². The van der Waals surface area contributed by atoms with Crippen molar-refractivity contribution in [2.24, 2.45) is 0 Å². The molecule has 16 heavy (non-hydrogen) atoms. The van der Waals surface area contributed by atoms with Crippen LogP contribution in [0.2, 0.25) is 0 Å². The number of anilines is 1. The molecule has 0 atom stereocenters. The lowest BCUT2D eigenvalue weighted by atomic mass is 10.1. The largest absolute Gasteiger partial charge is 0.433 e. The minimum Gasteiger partial charge on any atom is -0.398 e. The molecule has 0 aliphatic heterocycles. The standard InChI is InChI=1S/C8H6BrF5N2/c9-1-3-5(15)4(7(10)11)2-16-6(3)8(12,13)14/h2,7H,1H2,(H2,15,16). The SMILES string of the molecule is Nc1c(C(F)F)cnc(C(F)(F)F)c1CBr. The normalized spacial score (nSPS) is 12.2. The molecule has 0 spiro atoms. The quantitative estimate of drug-likeness (QED) is 0.671. The topological polar surface area (TPSA) is 38.9 Å². The van der Waals surface area contributed by atoms with Crippen molar-refractivity contribution in [2.75, 3.05) is 5.73 Å². The van der Waals surface area contributed by atoms with Gasteiger partial charge in [0.15, 0.2) is 5.69 Å². The molecule has 0 amide bonds. The number of hydrogen-bond donors (Lipinski definition) is 1. The van der Waals surface area contributed by atoms with Crippen molar-refractivity contribution < 1.29 is 22.0 Å². The lowest BCUT2D eigenvalue weighted by Gasteiger charge is -2.14. The third-order valence-electron chi connectivity index (χ3n) is 1.89. The third kappa shape index (κ3) is 2.42. The highest BCUT2D eigenvalue weighted by Crippen LogP contribution is 2.37. The fourth-order valence-corrected chi connectivity index (χ4v) is 1.70. The van der Waals surface area contributed by atoms with E-state index in [9.17, 15) is 22.0 Å². The Labute approximate surface area is 95.8 Å². The average molecular weight is 305 g/mol. The lowest BCUT2D eigenvalue weighted by molar-refractivity contribution is -0.141. The van der Waals surface area contributed by atoms with Gasteiger partial charge in [0.2, 0.25) is 0 Å². The summed E-state index contributed by atoms with van der Waals surface area (Å²) in [7, 11) is 0. The molecule has 1 aromatic rings. The van der Waals surface area contributed by atoms with Gasteiger partial charge in [0.05, 0.1) is 5.56 Å². The number of halogens is 6. The van der Waals surface area contributed by atoms with E-state index in [0.29, 0.717) is 6.20 Å². The molecule has 2 N–H and O–H groups in total. The van der Waals surface area contributed by atoms with Crippen molar-refractivity contribution in [2.45, 2.75) is 17.9 Å². The summed E-state index contributed by atoms with van der Waals surface area (Å²) in [6, 6.07) is 0. The van der Waals surface area contributed by atoms with Crippen LogP contribution in [0.5, 0.6) is 0 Å². The van der Waals surface area contributed by atoms with Gasteiger partial charge in [0.25, 0.3) is 6.43 Å². The highest BCUT2D eigenvalue weighted by Gasteiger charge is 2.36. The Hall–Kier alpha value is -0.920. The van der Waals surface area contributed by atoms with E-state index in [-0.39, 0.29) is 5.33 Å². The summed E-state index contributed by atoms with van der Waals surface area (Å²) in [6.07, 6.45) is -7.21. The maximum atomic E-state index is 12.4. The summed E-state index contributed by atoms with van der Waals surface area (Å²) < 4.78 is 62.0. The molecule has 90 valence electrons. The summed E-state index contributed by atoms with van der Waals surface area (Å²) in [5, 5.41) is -0.290. The molecule has 0 saturated heterocycles. The van der Waals surface area contributed by atoms with E-state index < -0.39 is 35.1 Å². The Morgan fingerprint density at radius 2 is 1.94 bits per heavy atom. The minimum absolute atomic E-state index is 0.290. The molecule has 0 saturated carbocycles. The van der Waals surface area contributed by atoms with E-state index in [1.165, 1.54) is 0 Å². The Bertz CT molecular complexity index is 391. The average Bonchev–Trinajstić information content (AvgIpc) is 2.15. The molecule has 1 heterocycles. The maximum absolute atomic E-state index is 12.4. The van der Waals surface area contributed by atoms with Crippen LogP contribution in [0.25, 0.3) is 0 Å². The van der Waals surface area contributed by atoms with Crippen LogP contribution in [0.1, 0.15) is 23.2 Å². The number of nitrogens with two attached hydrogens (primary N) is 1. The molecule has 0 bridgehead atoms. The van der Waals surface area contributed by atoms with Crippen molar-refractivity contribution in [3.05, 3.63) is 23.0 Å². The summed E-state index contributed by atoms with van der Waals surface area (Å²) in [6.45, 7) is 0. The van der Waals surface area contributed by atoms with Gasteiger partial charge in [-0.3, -0.25) is 4.98 Å². The summed E-state index contributed by atoms with van der Waals surface area (Å²) in [5.74, 6) is 0. The lowest BCUT2D eigenvalue weighted by Crippen LogP contribution is -2.14. The van der Waals surface area contributed by atoms with Crippen LogP contribution in [0.15, 0.2) is 6.20 Å². The van der Waals surface area contributed by atoms with E-state index in [1.54, 1.807) is 0 Å². The van der Waals surface area contributed by atoms with Crippen LogP contribution in [0.3, 0.4) is 0 Å². The Balaban J connectivity index is 3.41. The van der Waals surface area contributed by atoms with Gasteiger partial charge < -0.3 is 5.73 Å². The second-order valence-electron chi connectivity index (χ2n) is 2.89. The van der Waals surface area contributed by atoms with Crippen LogP contribution in [0, 0.1) is 0 Å². The fraction of sp³-hybridized carbons (Fsp3) is 0.375. The molecular formula is C8H6BrF5N2. The predicted octanol–water partition coefficient (Wildman–Crippen LogP) is 3.52. The summed E-state index contributed by atoms with van der Waals surface area (Å²) in [4.78, 5) is 2.99. The van der Waals surface area contributed by atoms with Crippen LogP contribution < -0.4 is 5.73 Å². The second kappa shape index (κ2) is 4.52. The number of nitrogen functional groups attached to an aromatic ring is 1. The van der Waals surface area contributed by atoms with Crippen molar-refractivity contribution in [3.8, 4) is 0 Å². The molecule has 0 aromatic carbocycles. The smallest absolute Gasteiger partial charge is 0.398 e. The molecule has 1 aromatic heterocycles. The zero-order chi connectivity index (χ0) is 12.5. The molecule has 0 fully saturated rings. The number of rotatable bonds is 2. The third-order valence-corrected chi connectivity index (χ3v) is 2.45. The molecule has 0 aliphatic rings. The van der Waals surface area contributed by atoms with Crippen LogP contribution >= 0.6 is 15.9 Å². The summed E-state index contributed by atoms with van der Waals surface area (Å²) in [5.41, 5.74) is 2.26. The van der Waals surface area contributed by atoms with Crippen molar-refractivity contribution >= 4 is 21.6 Å². The van der Waals surface area contributed by atoms with Crippen molar-refractivity contribution in [1.82, 2.24) is 4.98 Å².